The minimum atomic E-state index is -0.968. The predicted octanol–water partition coefficient (Wildman–Crippen LogP) is 10.9. The van der Waals surface area contributed by atoms with Crippen LogP contribution in [0.2, 0.25) is 0 Å². The number of aliphatic carboxylic acids is 1. The number of carboxylic acids is 1. The van der Waals surface area contributed by atoms with Gasteiger partial charge in [-0.15, -0.1) is 0 Å². The molecule has 0 rings (SSSR count). The van der Waals surface area contributed by atoms with Crippen molar-refractivity contribution in [3.05, 3.63) is 0 Å². The van der Waals surface area contributed by atoms with Gasteiger partial charge in [-0.25, -0.2) is 0 Å². The van der Waals surface area contributed by atoms with Crippen LogP contribution in [-0.2, 0) is 4.79 Å². The van der Waals surface area contributed by atoms with E-state index >= 15 is 0 Å². The van der Waals surface area contributed by atoms with Gasteiger partial charge in [-0.2, -0.15) is 0 Å². The second kappa shape index (κ2) is 37.4. The number of hydrogen-bond acceptors (Lipinski definition) is 3. The lowest BCUT2D eigenvalue weighted by molar-refractivity contribution is -0.135. The highest BCUT2D eigenvalue weighted by molar-refractivity contribution is 5.68. The lowest BCUT2D eigenvalue weighted by Crippen LogP contribution is -2.20. The molecule has 0 saturated heterocycles. The maximum Gasteiger partial charge on any atom is 0.317 e. The average molecular weight is 555 g/mol. The molecule has 4 heteroatoms. The van der Waals surface area contributed by atoms with Gasteiger partial charge >= 0.3 is 5.97 Å². The normalized spacial score (nSPS) is 11.1. The summed E-state index contributed by atoms with van der Waals surface area (Å²) in [6, 6.07) is 0. The summed E-state index contributed by atoms with van der Waals surface area (Å²) in [4.78, 5) is 11.8. The van der Waals surface area contributed by atoms with E-state index in [0.717, 1.165) is 0 Å². The molecule has 0 spiro atoms. The Morgan fingerprint density at radius 1 is 0.462 bits per heavy atom. The standard InChI is InChI=1S/C33H69N.C2H5NO2/c1-4-6-8-10-12-14-16-18-20-22-24-26-28-30-32-34(3)33-31-29-27-25-23-21-19-17-15-13-11-9-7-5-2;3-1-2(4)5/h4-33H2,1-3H3;1,3H2,(H,4,5). The molecule has 0 aromatic carbocycles. The number of carbonyl (C=O) groups is 1. The zero-order valence-corrected chi connectivity index (χ0v) is 27.3. The zero-order chi connectivity index (χ0) is 29.1. The summed E-state index contributed by atoms with van der Waals surface area (Å²) in [5, 5.41) is 7.60. The Labute approximate surface area is 246 Å². The molecule has 0 aliphatic carbocycles. The molecule has 0 heterocycles. The third-order valence-corrected chi connectivity index (χ3v) is 7.96. The summed E-state index contributed by atoms with van der Waals surface area (Å²) in [6.45, 7) is 6.96. The number of rotatable bonds is 31. The third kappa shape index (κ3) is 42.0. The summed E-state index contributed by atoms with van der Waals surface area (Å²) in [6.07, 6.45) is 40.8. The number of carboxylic acid groups (broad SMARTS) is 1. The number of unbranched alkanes of at least 4 members (excludes halogenated alkanes) is 26. The highest BCUT2D eigenvalue weighted by atomic mass is 16.4. The minimum absolute atomic E-state index is 0.278. The summed E-state index contributed by atoms with van der Waals surface area (Å²) in [5.74, 6) is -0.968. The van der Waals surface area contributed by atoms with Gasteiger partial charge in [0.1, 0.15) is 0 Å². The van der Waals surface area contributed by atoms with E-state index in [-0.39, 0.29) is 6.54 Å². The van der Waals surface area contributed by atoms with Crippen LogP contribution in [-0.4, -0.2) is 42.7 Å². The van der Waals surface area contributed by atoms with Gasteiger partial charge in [-0.1, -0.05) is 181 Å². The molecule has 0 bridgehead atoms. The molecule has 39 heavy (non-hydrogen) atoms. The van der Waals surface area contributed by atoms with Crippen molar-refractivity contribution in [1.82, 2.24) is 4.90 Å². The number of nitrogens with two attached hydrogens (primary N) is 1. The predicted molar refractivity (Wildman–Crippen MR) is 175 cm³/mol. The highest BCUT2D eigenvalue weighted by Gasteiger charge is 2.00. The van der Waals surface area contributed by atoms with E-state index in [1.165, 1.54) is 193 Å². The fraction of sp³-hybridized carbons (Fsp3) is 0.971. The van der Waals surface area contributed by atoms with Crippen LogP contribution in [0.5, 0.6) is 0 Å². The van der Waals surface area contributed by atoms with Crippen molar-refractivity contribution in [2.75, 3.05) is 26.7 Å². The van der Waals surface area contributed by atoms with Crippen LogP contribution in [0.4, 0.5) is 0 Å². The molecular weight excluding hydrogens is 480 g/mol. The van der Waals surface area contributed by atoms with Crippen LogP contribution < -0.4 is 5.73 Å². The molecule has 0 radical (unpaired) electrons. The fourth-order valence-electron chi connectivity index (χ4n) is 5.26. The molecule has 0 fully saturated rings. The van der Waals surface area contributed by atoms with E-state index in [2.05, 4.69) is 31.5 Å². The summed E-state index contributed by atoms with van der Waals surface area (Å²) in [5.41, 5.74) is 4.57. The Kier molecular flexibility index (Phi) is 38.9. The van der Waals surface area contributed by atoms with Crippen molar-refractivity contribution in [2.24, 2.45) is 5.73 Å². The van der Waals surface area contributed by atoms with E-state index < -0.39 is 5.97 Å². The molecule has 0 aromatic rings. The van der Waals surface area contributed by atoms with Crippen LogP contribution in [0.3, 0.4) is 0 Å². The van der Waals surface area contributed by atoms with Crippen LogP contribution in [0.25, 0.3) is 0 Å². The van der Waals surface area contributed by atoms with Crippen LogP contribution >= 0.6 is 0 Å². The van der Waals surface area contributed by atoms with Gasteiger partial charge in [-0.05, 0) is 33.0 Å². The lowest BCUT2D eigenvalue weighted by Gasteiger charge is -2.16. The monoisotopic (exact) mass is 555 g/mol. The molecule has 0 atom stereocenters. The van der Waals surface area contributed by atoms with Gasteiger partial charge < -0.3 is 15.7 Å². The van der Waals surface area contributed by atoms with E-state index in [9.17, 15) is 4.79 Å². The van der Waals surface area contributed by atoms with E-state index in [4.69, 9.17) is 5.11 Å². The first-order valence-electron chi connectivity index (χ1n) is 17.7. The zero-order valence-electron chi connectivity index (χ0n) is 27.3. The molecule has 0 unspecified atom stereocenters. The minimum Gasteiger partial charge on any atom is -0.480 e. The van der Waals surface area contributed by atoms with Crippen molar-refractivity contribution in [3.8, 4) is 0 Å². The van der Waals surface area contributed by atoms with Gasteiger partial charge in [0, 0.05) is 0 Å². The van der Waals surface area contributed by atoms with Crippen LogP contribution in [0.1, 0.15) is 194 Å². The fourth-order valence-corrected chi connectivity index (χ4v) is 5.26. The van der Waals surface area contributed by atoms with Gasteiger partial charge in [0.15, 0.2) is 0 Å². The Morgan fingerprint density at radius 3 is 0.821 bits per heavy atom. The van der Waals surface area contributed by atoms with Crippen molar-refractivity contribution >= 4 is 5.97 Å². The smallest absolute Gasteiger partial charge is 0.317 e. The summed E-state index contributed by atoms with van der Waals surface area (Å²) < 4.78 is 0. The van der Waals surface area contributed by atoms with Gasteiger partial charge in [0.25, 0.3) is 0 Å². The molecule has 236 valence electrons. The molecule has 0 aliphatic heterocycles. The summed E-state index contributed by atoms with van der Waals surface area (Å²) >= 11 is 0. The molecule has 3 N–H and O–H groups in total. The Hall–Kier alpha value is -0.610. The first-order valence-corrected chi connectivity index (χ1v) is 17.7. The molecule has 0 saturated carbocycles. The van der Waals surface area contributed by atoms with Gasteiger partial charge in [-0.3, -0.25) is 4.79 Å². The second-order valence-corrected chi connectivity index (χ2v) is 12.1. The quantitative estimate of drug-likeness (QED) is 0.0836. The molecular formula is C35H74N2O2. The Bertz CT molecular complexity index is 412. The van der Waals surface area contributed by atoms with E-state index in [0.29, 0.717) is 0 Å². The Morgan fingerprint density at radius 2 is 0.641 bits per heavy atom. The van der Waals surface area contributed by atoms with Crippen LogP contribution in [0.15, 0.2) is 0 Å². The van der Waals surface area contributed by atoms with Crippen molar-refractivity contribution < 1.29 is 9.90 Å². The first kappa shape index (κ1) is 40.5. The van der Waals surface area contributed by atoms with Crippen LogP contribution in [0, 0.1) is 0 Å². The molecule has 4 nitrogen and oxygen atoms in total. The molecule has 0 amide bonds. The van der Waals surface area contributed by atoms with Crippen molar-refractivity contribution in [2.45, 2.75) is 194 Å². The highest BCUT2D eigenvalue weighted by Crippen LogP contribution is 2.14. The number of hydrogen-bond donors (Lipinski definition) is 2. The third-order valence-electron chi connectivity index (χ3n) is 7.96. The Balaban J connectivity index is 0. The average Bonchev–Trinajstić information content (AvgIpc) is 2.93. The van der Waals surface area contributed by atoms with Crippen molar-refractivity contribution in [3.63, 3.8) is 0 Å². The van der Waals surface area contributed by atoms with Gasteiger partial charge in [0.05, 0.1) is 6.54 Å². The molecule has 0 aliphatic rings. The maximum absolute atomic E-state index is 9.24. The largest absolute Gasteiger partial charge is 0.480 e. The van der Waals surface area contributed by atoms with Crippen molar-refractivity contribution in [1.29, 1.82) is 0 Å². The lowest BCUT2D eigenvalue weighted by atomic mass is 10.0. The van der Waals surface area contributed by atoms with E-state index in [1.54, 1.807) is 0 Å². The maximum atomic E-state index is 9.24. The van der Waals surface area contributed by atoms with E-state index in [1.807, 2.05) is 0 Å². The summed E-state index contributed by atoms with van der Waals surface area (Å²) in [7, 11) is 2.34. The number of nitrogens with zero attached hydrogens (tertiary/aromatic N) is 1. The first-order chi connectivity index (χ1) is 19.1. The topological polar surface area (TPSA) is 66.6 Å². The SMILES string of the molecule is CCCCCCCCCCCCCCCCN(C)CCCCCCCCCCCCCCCC.NCC(=O)O. The van der Waals surface area contributed by atoms with Gasteiger partial charge in [0.2, 0.25) is 0 Å². The molecule has 0 aromatic heterocycles. The second-order valence-electron chi connectivity index (χ2n) is 12.1.